The molecule has 8 heteroatoms. The van der Waals surface area contributed by atoms with Crippen LogP contribution in [0.4, 0.5) is 0 Å². The molecule has 1 aromatic heterocycles. The lowest BCUT2D eigenvalue weighted by atomic mass is 10.0. The molecule has 1 saturated heterocycles. The minimum absolute atomic E-state index is 0.141. The molecule has 1 aliphatic rings. The first kappa shape index (κ1) is 21.4. The molecule has 8 nitrogen and oxygen atoms in total. The number of amides is 1. The highest BCUT2D eigenvalue weighted by Crippen LogP contribution is 2.26. The highest BCUT2D eigenvalue weighted by atomic mass is 16.5. The second kappa shape index (κ2) is 10.5. The van der Waals surface area contributed by atoms with Crippen molar-refractivity contribution >= 4 is 12.4 Å². The quantitative estimate of drug-likeness (QED) is 0.760. The van der Waals surface area contributed by atoms with Crippen LogP contribution in [0.25, 0.3) is 0 Å². The largest absolute Gasteiger partial charge is 0.491 e. The highest BCUT2D eigenvalue weighted by Gasteiger charge is 2.28. The van der Waals surface area contributed by atoms with Crippen molar-refractivity contribution in [2.75, 3.05) is 26.7 Å². The first-order chi connectivity index (χ1) is 13.4. The van der Waals surface area contributed by atoms with E-state index in [2.05, 4.69) is 34.0 Å². The van der Waals surface area contributed by atoms with Gasteiger partial charge in [0, 0.05) is 31.5 Å². The summed E-state index contributed by atoms with van der Waals surface area (Å²) in [6.07, 6.45) is 3.85. The molecule has 2 aromatic rings. The van der Waals surface area contributed by atoms with E-state index in [1.807, 2.05) is 30.9 Å². The number of imidazole rings is 1. The van der Waals surface area contributed by atoms with Gasteiger partial charge in [-0.3, -0.25) is 14.5 Å². The predicted molar refractivity (Wildman–Crippen MR) is 105 cm³/mol. The van der Waals surface area contributed by atoms with Crippen LogP contribution in [0.5, 0.6) is 5.75 Å². The molecule has 28 heavy (non-hydrogen) atoms. The number of rotatable bonds is 5. The Morgan fingerprint density at radius 3 is 2.61 bits per heavy atom. The standard InChI is InChI=1S/C19H26N4O2.CH2O2/c1-14(2)25-17-6-4-15(5-7-17)18-12-23(9-8-22(18)3)19(24)10-16-11-20-13-21-16;2-1-3/h4-7,11,13-14,18H,8-10,12H2,1-3H3,(H,20,21);1H,(H,2,3). The summed E-state index contributed by atoms with van der Waals surface area (Å²) in [5, 5.41) is 6.89. The van der Waals surface area contributed by atoms with Crippen LogP contribution >= 0.6 is 0 Å². The summed E-state index contributed by atoms with van der Waals surface area (Å²) in [5.74, 6) is 1.02. The Balaban J connectivity index is 0.000000878. The third-order valence-corrected chi connectivity index (χ3v) is 4.53. The Morgan fingerprint density at radius 1 is 1.36 bits per heavy atom. The second-order valence-corrected chi connectivity index (χ2v) is 6.93. The maximum Gasteiger partial charge on any atom is 0.290 e. The molecule has 0 saturated carbocycles. The molecule has 152 valence electrons. The average Bonchev–Trinajstić information content (AvgIpc) is 3.16. The second-order valence-electron chi connectivity index (χ2n) is 6.93. The monoisotopic (exact) mass is 388 g/mol. The number of aromatic amines is 1. The van der Waals surface area contributed by atoms with Crippen LogP contribution in [0.1, 0.15) is 31.1 Å². The molecule has 0 aliphatic carbocycles. The van der Waals surface area contributed by atoms with Gasteiger partial charge in [-0.25, -0.2) is 4.98 Å². The molecule has 1 amide bonds. The number of benzene rings is 1. The summed E-state index contributed by atoms with van der Waals surface area (Å²) in [4.78, 5) is 32.2. The first-order valence-corrected chi connectivity index (χ1v) is 9.24. The van der Waals surface area contributed by atoms with Crippen LogP contribution in [0.3, 0.4) is 0 Å². The summed E-state index contributed by atoms with van der Waals surface area (Å²) in [7, 11) is 2.11. The topological polar surface area (TPSA) is 98.8 Å². The number of nitrogens with one attached hydrogen (secondary N) is 1. The number of H-pyrrole nitrogens is 1. The molecule has 0 bridgehead atoms. The normalized spacial score (nSPS) is 17.0. The van der Waals surface area contributed by atoms with Gasteiger partial charge in [-0.1, -0.05) is 12.1 Å². The van der Waals surface area contributed by atoms with E-state index in [9.17, 15) is 4.79 Å². The fourth-order valence-corrected chi connectivity index (χ4v) is 3.16. The van der Waals surface area contributed by atoms with E-state index in [0.29, 0.717) is 13.0 Å². The van der Waals surface area contributed by atoms with Crippen molar-refractivity contribution in [2.45, 2.75) is 32.4 Å². The zero-order valence-corrected chi connectivity index (χ0v) is 16.5. The Kier molecular flexibility index (Phi) is 8.01. The van der Waals surface area contributed by atoms with E-state index >= 15 is 0 Å². The van der Waals surface area contributed by atoms with E-state index in [4.69, 9.17) is 14.6 Å². The van der Waals surface area contributed by atoms with Crippen molar-refractivity contribution in [3.8, 4) is 5.75 Å². The predicted octanol–water partition coefficient (Wildman–Crippen LogP) is 1.96. The summed E-state index contributed by atoms with van der Waals surface area (Å²) in [6.45, 7) is 6.12. The van der Waals surface area contributed by atoms with Gasteiger partial charge in [-0.2, -0.15) is 0 Å². The zero-order chi connectivity index (χ0) is 20.5. The molecule has 0 radical (unpaired) electrons. The number of piperazine rings is 1. The summed E-state index contributed by atoms with van der Waals surface area (Å²) in [5.41, 5.74) is 2.06. The molecule has 1 aromatic carbocycles. The van der Waals surface area contributed by atoms with Gasteiger partial charge in [0.15, 0.2) is 0 Å². The maximum absolute atomic E-state index is 12.6. The molecule has 0 spiro atoms. The van der Waals surface area contributed by atoms with Crippen LogP contribution in [-0.2, 0) is 16.0 Å². The molecule has 1 aliphatic heterocycles. The number of carbonyl (C=O) groups is 2. The number of likely N-dealkylation sites (N-methyl/N-ethyl adjacent to an activating group) is 1. The van der Waals surface area contributed by atoms with Crippen molar-refractivity contribution in [1.29, 1.82) is 0 Å². The number of nitrogens with zero attached hydrogens (tertiary/aromatic N) is 3. The maximum atomic E-state index is 12.6. The number of ether oxygens (including phenoxy) is 1. The van der Waals surface area contributed by atoms with Crippen LogP contribution in [-0.4, -0.2) is 70.0 Å². The van der Waals surface area contributed by atoms with E-state index in [-0.39, 0.29) is 24.5 Å². The summed E-state index contributed by atoms with van der Waals surface area (Å²) < 4.78 is 5.71. The molecule has 1 unspecified atom stereocenters. The number of aromatic nitrogens is 2. The first-order valence-electron chi connectivity index (χ1n) is 9.24. The Bertz CT molecular complexity index is 731. The number of carboxylic acid groups (broad SMARTS) is 1. The fraction of sp³-hybridized carbons (Fsp3) is 0.450. The van der Waals surface area contributed by atoms with Crippen LogP contribution < -0.4 is 4.74 Å². The lowest BCUT2D eigenvalue weighted by Gasteiger charge is -2.39. The van der Waals surface area contributed by atoms with Crippen molar-refractivity contribution < 1.29 is 19.4 Å². The lowest BCUT2D eigenvalue weighted by Crippen LogP contribution is -2.49. The Labute approximate surface area is 165 Å². The number of carbonyl (C=O) groups excluding carboxylic acids is 1. The van der Waals surface area contributed by atoms with Crippen LogP contribution in [0.2, 0.25) is 0 Å². The minimum atomic E-state index is -0.250. The summed E-state index contributed by atoms with van der Waals surface area (Å²) >= 11 is 0. The van der Waals surface area contributed by atoms with Gasteiger partial charge in [0.05, 0.1) is 24.9 Å². The highest BCUT2D eigenvalue weighted by molar-refractivity contribution is 5.78. The molecule has 1 atom stereocenters. The van der Waals surface area contributed by atoms with Gasteiger partial charge in [0.25, 0.3) is 6.47 Å². The Hall–Kier alpha value is -2.87. The minimum Gasteiger partial charge on any atom is -0.491 e. The zero-order valence-electron chi connectivity index (χ0n) is 16.5. The van der Waals surface area contributed by atoms with Crippen LogP contribution in [0, 0.1) is 0 Å². The molecule has 2 N–H and O–H groups in total. The average molecular weight is 388 g/mol. The van der Waals surface area contributed by atoms with Gasteiger partial charge in [-0.05, 0) is 38.6 Å². The van der Waals surface area contributed by atoms with E-state index in [1.54, 1.807) is 12.5 Å². The van der Waals surface area contributed by atoms with Crippen molar-refractivity contribution in [3.05, 3.63) is 48.0 Å². The molecule has 2 heterocycles. The smallest absolute Gasteiger partial charge is 0.290 e. The number of hydrogen-bond donors (Lipinski definition) is 2. The molecular weight excluding hydrogens is 360 g/mol. The van der Waals surface area contributed by atoms with Crippen LogP contribution in [0.15, 0.2) is 36.8 Å². The number of hydrogen-bond acceptors (Lipinski definition) is 5. The van der Waals surface area contributed by atoms with Crippen molar-refractivity contribution in [3.63, 3.8) is 0 Å². The van der Waals surface area contributed by atoms with E-state index in [1.165, 1.54) is 5.56 Å². The van der Waals surface area contributed by atoms with Gasteiger partial charge in [0.2, 0.25) is 5.91 Å². The van der Waals surface area contributed by atoms with E-state index in [0.717, 1.165) is 24.5 Å². The van der Waals surface area contributed by atoms with Crippen molar-refractivity contribution in [1.82, 2.24) is 19.8 Å². The molecule has 1 fully saturated rings. The van der Waals surface area contributed by atoms with Gasteiger partial charge >= 0.3 is 0 Å². The molecular formula is C20H28N4O4. The summed E-state index contributed by atoms with van der Waals surface area (Å²) in [6, 6.07) is 8.42. The van der Waals surface area contributed by atoms with Crippen molar-refractivity contribution in [2.24, 2.45) is 0 Å². The lowest BCUT2D eigenvalue weighted by molar-refractivity contribution is -0.133. The SMILES string of the molecule is CC(C)Oc1ccc(C2CN(C(=O)Cc3cnc[nH]3)CCN2C)cc1.O=CO. The van der Waals surface area contributed by atoms with Gasteiger partial charge in [0.1, 0.15) is 5.75 Å². The third kappa shape index (κ3) is 6.09. The third-order valence-electron chi connectivity index (χ3n) is 4.53. The Morgan fingerprint density at radius 2 is 2.04 bits per heavy atom. The van der Waals surface area contributed by atoms with Gasteiger partial charge < -0.3 is 19.7 Å². The van der Waals surface area contributed by atoms with E-state index < -0.39 is 0 Å². The molecule has 3 rings (SSSR count). The fourth-order valence-electron chi connectivity index (χ4n) is 3.16. The van der Waals surface area contributed by atoms with Gasteiger partial charge in [-0.15, -0.1) is 0 Å².